The Labute approximate surface area is 93.6 Å². The molecule has 0 aromatic carbocycles. The van der Waals surface area contributed by atoms with Gasteiger partial charge in [0, 0.05) is 11.8 Å². The third-order valence-electron chi connectivity index (χ3n) is 2.80. The minimum absolute atomic E-state index is 0.0116. The molecule has 4 heteroatoms. The highest BCUT2D eigenvalue weighted by Gasteiger charge is 2.17. The number of carbonyl (C=O) groups is 1. The van der Waals surface area contributed by atoms with Crippen LogP contribution >= 0.6 is 0 Å². The van der Waals surface area contributed by atoms with E-state index < -0.39 is 5.82 Å². The van der Waals surface area contributed by atoms with E-state index in [9.17, 15) is 9.18 Å². The fraction of sp³-hybridized carbons (Fsp3) is 0.500. The number of aldehydes is 1. The lowest BCUT2D eigenvalue weighted by Gasteiger charge is -2.22. The third kappa shape index (κ3) is 2.56. The number of rotatable bonds is 3. The van der Waals surface area contributed by atoms with E-state index >= 15 is 0 Å². The van der Waals surface area contributed by atoms with Gasteiger partial charge in [0.1, 0.15) is 6.10 Å². The second kappa shape index (κ2) is 5.05. The summed E-state index contributed by atoms with van der Waals surface area (Å²) in [5.41, 5.74) is 0.230. The van der Waals surface area contributed by atoms with Gasteiger partial charge in [-0.15, -0.1) is 0 Å². The van der Waals surface area contributed by atoms with Crippen LogP contribution in [0.5, 0.6) is 5.88 Å². The largest absolute Gasteiger partial charge is 0.472 e. The molecule has 1 aromatic heterocycles. The second-order valence-electron chi connectivity index (χ2n) is 4.05. The van der Waals surface area contributed by atoms with Crippen LogP contribution in [0, 0.1) is 5.82 Å². The molecule has 1 heterocycles. The Morgan fingerprint density at radius 1 is 1.38 bits per heavy atom. The highest BCUT2D eigenvalue weighted by molar-refractivity contribution is 5.74. The van der Waals surface area contributed by atoms with Gasteiger partial charge in [-0.3, -0.25) is 4.79 Å². The predicted molar refractivity (Wildman–Crippen MR) is 57.1 cm³/mol. The Balaban J connectivity index is 2.05. The summed E-state index contributed by atoms with van der Waals surface area (Å²) in [4.78, 5) is 14.2. The van der Waals surface area contributed by atoms with Gasteiger partial charge in [-0.1, -0.05) is 6.42 Å². The van der Waals surface area contributed by atoms with Crippen LogP contribution in [0.1, 0.15) is 42.5 Å². The van der Waals surface area contributed by atoms with Crippen molar-refractivity contribution in [1.29, 1.82) is 0 Å². The Kier molecular flexibility index (Phi) is 3.49. The molecule has 3 nitrogen and oxygen atoms in total. The van der Waals surface area contributed by atoms with Crippen molar-refractivity contribution in [2.75, 3.05) is 0 Å². The fourth-order valence-electron chi connectivity index (χ4n) is 1.93. The van der Waals surface area contributed by atoms with Crippen LogP contribution in [0.4, 0.5) is 4.39 Å². The molecule has 1 fully saturated rings. The lowest BCUT2D eigenvalue weighted by Crippen LogP contribution is -2.20. The van der Waals surface area contributed by atoms with E-state index in [0.717, 1.165) is 31.7 Å². The molecule has 0 amide bonds. The average molecular weight is 223 g/mol. The molecular formula is C12H14FNO2. The monoisotopic (exact) mass is 223 g/mol. The number of aromatic nitrogens is 1. The minimum atomic E-state index is -0.560. The highest BCUT2D eigenvalue weighted by Crippen LogP contribution is 2.23. The van der Waals surface area contributed by atoms with Crippen molar-refractivity contribution in [2.45, 2.75) is 38.2 Å². The molecule has 0 N–H and O–H groups in total. The molecule has 2 rings (SSSR count). The average Bonchev–Trinajstić information content (AvgIpc) is 2.33. The number of carbonyl (C=O) groups excluding carboxylic acids is 1. The zero-order valence-corrected chi connectivity index (χ0v) is 8.99. The van der Waals surface area contributed by atoms with Gasteiger partial charge in [-0.05, 0) is 31.7 Å². The van der Waals surface area contributed by atoms with Crippen molar-refractivity contribution in [1.82, 2.24) is 4.98 Å². The second-order valence-corrected chi connectivity index (χ2v) is 4.05. The summed E-state index contributed by atoms with van der Waals surface area (Å²) >= 11 is 0. The van der Waals surface area contributed by atoms with Crippen molar-refractivity contribution < 1.29 is 13.9 Å². The van der Waals surface area contributed by atoms with Gasteiger partial charge in [0.05, 0.1) is 0 Å². The van der Waals surface area contributed by atoms with Gasteiger partial charge in [0.25, 0.3) is 5.88 Å². The summed E-state index contributed by atoms with van der Waals surface area (Å²) in [7, 11) is 0. The molecule has 1 aliphatic carbocycles. The van der Waals surface area contributed by atoms with Crippen LogP contribution in [0.3, 0.4) is 0 Å². The topological polar surface area (TPSA) is 39.2 Å². The molecule has 1 aliphatic rings. The van der Waals surface area contributed by atoms with Crippen molar-refractivity contribution in [2.24, 2.45) is 0 Å². The number of halogens is 1. The van der Waals surface area contributed by atoms with Crippen LogP contribution in [0.15, 0.2) is 12.3 Å². The van der Waals surface area contributed by atoms with Crippen molar-refractivity contribution in [3.8, 4) is 5.88 Å². The maximum atomic E-state index is 13.4. The number of ether oxygens (including phenoxy) is 1. The Bertz CT molecular complexity index is 375. The molecule has 0 bridgehead atoms. The van der Waals surface area contributed by atoms with E-state index in [1.54, 1.807) is 0 Å². The van der Waals surface area contributed by atoms with E-state index in [0.29, 0.717) is 6.29 Å². The third-order valence-corrected chi connectivity index (χ3v) is 2.80. The number of hydrogen-bond donors (Lipinski definition) is 0. The Morgan fingerprint density at radius 2 is 2.12 bits per heavy atom. The predicted octanol–water partition coefficient (Wildman–Crippen LogP) is 2.74. The van der Waals surface area contributed by atoms with E-state index in [-0.39, 0.29) is 17.5 Å². The molecule has 1 aromatic rings. The summed E-state index contributed by atoms with van der Waals surface area (Å²) in [6.45, 7) is 0. The highest BCUT2D eigenvalue weighted by atomic mass is 19.1. The molecule has 0 spiro atoms. The van der Waals surface area contributed by atoms with E-state index in [1.807, 2.05) is 0 Å². The molecule has 0 atom stereocenters. The standard InChI is InChI=1S/C12H14FNO2/c13-11-6-9(8-15)7-14-12(11)16-10-4-2-1-3-5-10/h6-8,10H,1-5H2. The van der Waals surface area contributed by atoms with Gasteiger partial charge < -0.3 is 4.74 Å². The van der Waals surface area contributed by atoms with E-state index in [4.69, 9.17) is 4.74 Å². The number of hydrogen-bond acceptors (Lipinski definition) is 3. The number of nitrogens with zero attached hydrogens (tertiary/aromatic N) is 1. The van der Waals surface area contributed by atoms with Gasteiger partial charge >= 0.3 is 0 Å². The molecule has 0 aliphatic heterocycles. The summed E-state index contributed by atoms with van der Waals surface area (Å²) < 4.78 is 18.9. The lowest BCUT2D eigenvalue weighted by atomic mass is 9.98. The maximum absolute atomic E-state index is 13.4. The Morgan fingerprint density at radius 3 is 2.75 bits per heavy atom. The summed E-state index contributed by atoms with van der Waals surface area (Å²) in [6.07, 6.45) is 7.34. The summed E-state index contributed by atoms with van der Waals surface area (Å²) in [5.74, 6) is -0.548. The summed E-state index contributed by atoms with van der Waals surface area (Å²) in [5, 5.41) is 0. The molecule has 86 valence electrons. The zero-order chi connectivity index (χ0) is 11.4. The van der Waals surface area contributed by atoms with Crippen molar-refractivity contribution in [3.05, 3.63) is 23.6 Å². The smallest absolute Gasteiger partial charge is 0.250 e. The maximum Gasteiger partial charge on any atom is 0.250 e. The van der Waals surface area contributed by atoms with E-state index in [2.05, 4.69) is 4.98 Å². The molecule has 0 unspecified atom stereocenters. The Hall–Kier alpha value is -1.45. The van der Waals surface area contributed by atoms with Gasteiger partial charge in [0.2, 0.25) is 0 Å². The van der Waals surface area contributed by atoms with E-state index in [1.165, 1.54) is 12.6 Å². The van der Waals surface area contributed by atoms with Crippen LogP contribution in [0.25, 0.3) is 0 Å². The first kappa shape index (κ1) is 11.0. The SMILES string of the molecule is O=Cc1cnc(OC2CCCCC2)c(F)c1. The van der Waals surface area contributed by atoms with Gasteiger partial charge in [-0.2, -0.15) is 0 Å². The molecular weight excluding hydrogens is 209 g/mol. The fourth-order valence-corrected chi connectivity index (χ4v) is 1.93. The molecule has 0 radical (unpaired) electrons. The molecule has 0 saturated heterocycles. The minimum Gasteiger partial charge on any atom is -0.472 e. The lowest BCUT2D eigenvalue weighted by molar-refractivity contribution is 0.112. The van der Waals surface area contributed by atoms with Gasteiger partial charge in [0.15, 0.2) is 12.1 Å². The van der Waals surface area contributed by atoms with Gasteiger partial charge in [-0.25, -0.2) is 9.37 Å². The van der Waals surface area contributed by atoms with Crippen molar-refractivity contribution in [3.63, 3.8) is 0 Å². The van der Waals surface area contributed by atoms with Crippen LogP contribution < -0.4 is 4.74 Å². The quantitative estimate of drug-likeness (QED) is 0.739. The van der Waals surface area contributed by atoms with Crippen LogP contribution in [-0.2, 0) is 0 Å². The van der Waals surface area contributed by atoms with Crippen LogP contribution in [-0.4, -0.2) is 17.4 Å². The number of pyridine rings is 1. The normalized spacial score (nSPS) is 17.1. The van der Waals surface area contributed by atoms with Crippen LogP contribution in [0.2, 0.25) is 0 Å². The van der Waals surface area contributed by atoms with Crippen molar-refractivity contribution >= 4 is 6.29 Å². The first-order valence-corrected chi connectivity index (χ1v) is 5.57. The zero-order valence-electron chi connectivity index (χ0n) is 8.99. The summed E-state index contributed by atoms with van der Waals surface area (Å²) in [6, 6.07) is 1.15. The molecule has 1 saturated carbocycles. The first-order chi connectivity index (χ1) is 7.79. The first-order valence-electron chi connectivity index (χ1n) is 5.57. The molecule has 16 heavy (non-hydrogen) atoms.